The first-order chi connectivity index (χ1) is 25.4. The molecule has 0 radical (unpaired) electrons. The maximum Gasteiger partial charge on any atom is 0.184 e. The Morgan fingerprint density at radius 2 is 1.19 bits per heavy atom. The van der Waals surface area contributed by atoms with Gasteiger partial charge in [0.05, 0.1) is 18.8 Å². The molecule has 0 spiro atoms. The van der Waals surface area contributed by atoms with Gasteiger partial charge in [0.2, 0.25) is 0 Å². The molecule has 4 aliphatic carbocycles. The van der Waals surface area contributed by atoms with Gasteiger partial charge in [0.25, 0.3) is 0 Å². The third-order valence-electron chi connectivity index (χ3n) is 14.4. The molecule has 0 aliphatic heterocycles. The van der Waals surface area contributed by atoms with Crippen molar-refractivity contribution in [2.24, 2.45) is 46.3 Å². The fourth-order valence-corrected chi connectivity index (χ4v) is 19.7. The monoisotopic (exact) mass is 901 g/mol. The van der Waals surface area contributed by atoms with Gasteiger partial charge in [0, 0.05) is 12.2 Å². The van der Waals surface area contributed by atoms with Crippen molar-refractivity contribution in [2.75, 3.05) is 6.61 Å². The maximum absolute atomic E-state index is 7.58. The summed E-state index contributed by atoms with van der Waals surface area (Å²) in [5, 5.41) is 0. The minimum absolute atomic E-state index is 0.00859. The van der Waals surface area contributed by atoms with Gasteiger partial charge in [-0.25, -0.2) is 0 Å². The summed E-state index contributed by atoms with van der Waals surface area (Å²) in [6.45, 7) is 53.5. The molecule has 0 aromatic carbocycles. The van der Waals surface area contributed by atoms with Gasteiger partial charge in [-0.3, -0.25) is 0 Å². The van der Waals surface area contributed by atoms with Crippen molar-refractivity contribution in [3.05, 3.63) is 0 Å². The summed E-state index contributed by atoms with van der Waals surface area (Å²) in [6, 6.07) is 0. The third-order valence-corrected chi connectivity index (χ3v) is 20.5. The Morgan fingerprint density at radius 3 is 1.70 bits per heavy atom. The van der Waals surface area contributed by atoms with Gasteiger partial charge in [-0.05, 0) is 229 Å². The SMILES string of the molecule is C[C@H](CCC(O[Si](C)(C)C)C(C)(CO[Si](C)(C)C)O[Si](C)(C)C)[C@H]1CC[C@H]2[C@@H]3C(O[Si](C)(C)C)CC4CC(O[Si](C)(C)C)CC[C@]4(C)[C@H]3CC(O[Si](C)(C)C)[C@]12C. The van der Waals surface area contributed by atoms with E-state index in [0.717, 1.165) is 12.8 Å². The Hall–Kier alpha value is 1.06. The number of hydrogen-bond acceptors (Lipinski definition) is 6. The fraction of sp³-hybridized carbons (Fsp3) is 1.00. The molecule has 4 fully saturated rings. The summed E-state index contributed by atoms with van der Waals surface area (Å²) in [4.78, 5) is 0. The predicted octanol–water partition coefficient (Wildman–Crippen LogP) is 13.6. The molecule has 0 saturated heterocycles. The molecule has 336 valence electrons. The Morgan fingerprint density at radius 1 is 0.614 bits per heavy atom. The van der Waals surface area contributed by atoms with Crippen LogP contribution in [0.2, 0.25) is 118 Å². The number of hydrogen-bond donors (Lipinski definition) is 0. The largest absolute Gasteiger partial charge is 0.415 e. The van der Waals surface area contributed by atoms with Crippen molar-refractivity contribution in [1.29, 1.82) is 0 Å². The highest BCUT2D eigenvalue weighted by atomic mass is 28.4. The molecule has 0 bridgehead atoms. The van der Waals surface area contributed by atoms with Crippen LogP contribution in [0.3, 0.4) is 0 Å². The molecule has 57 heavy (non-hydrogen) atoms. The van der Waals surface area contributed by atoms with Crippen LogP contribution < -0.4 is 0 Å². The highest BCUT2D eigenvalue weighted by Crippen LogP contribution is 2.70. The summed E-state index contributed by atoms with van der Waals surface area (Å²) in [5.74, 6) is 3.69. The first-order valence-electron chi connectivity index (χ1n) is 23.5. The molecule has 4 rings (SSSR count). The smallest absolute Gasteiger partial charge is 0.184 e. The van der Waals surface area contributed by atoms with Crippen LogP contribution in [0.25, 0.3) is 0 Å². The van der Waals surface area contributed by atoms with Gasteiger partial charge in [0.15, 0.2) is 49.9 Å². The average molecular weight is 902 g/mol. The third kappa shape index (κ3) is 13.3. The Labute approximate surface area is 360 Å². The molecule has 4 aliphatic rings. The van der Waals surface area contributed by atoms with Gasteiger partial charge in [-0.1, -0.05) is 20.8 Å². The topological polar surface area (TPSA) is 55.4 Å². The average Bonchev–Trinajstić information content (AvgIpc) is 3.33. The van der Waals surface area contributed by atoms with Crippen LogP contribution in [-0.2, 0) is 26.6 Å². The molecule has 6 nitrogen and oxygen atoms in total. The van der Waals surface area contributed by atoms with E-state index in [1.807, 2.05) is 0 Å². The number of rotatable bonds is 18. The van der Waals surface area contributed by atoms with Crippen LogP contribution in [-0.4, -0.2) is 86.5 Å². The molecule has 0 N–H and O–H groups in total. The highest BCUT2D eigenvalue weighted by molar-refractivity contribution is 6.71. The van der Waals surface area contributed by atoms with Crippen LogP contribution in [0.5, 0.6) is 0 Å². The van der Waals surface area contributed by atoms with Gasteiger partial charge in [-0.15, -0.1) is 0 Å². The lowest BCUT2D eigenvalue weighted by Gasteiger charge is -2.66. The van der Waals surface area contributed by atoms with E-state index in [-0.39, 0.29) is 11.5 Å². The van der Waals surface area contributed by atoms with Crippen molar-refractivity contribution in [3.63, 3.8) is 0 Å². The first-order valence-corrected chi connectivity index (χ1v) is 44.0. The molecule has 0 amide bonds. The molecule has 0 heterocycles. The van der Waals surface area contributed by atoms with Crippen LogP contribution in [0.15, 0.2) is 0 Å². The molecule has 6 unspecified atom stereocenters. The molecule has 12 heteroatoms. The van der Waals surface area contributed by atoms with E-state index >= 15 is 0 Å². The summed E-state index contributed by atoms with van der Waals surface area (Å²) in [7, 11) is -10.8. The highest BCUT2D eigenvalue weighted by Gasteiger charge is 2.67. The van der Waals surface area contributed by atoms with Gasteiger partial charge >= 0.3 is 0 Å². The second-order valence-electron chi connectivity index (χ2n) is 26.3. The zero-order chi connectivity index (χ0) is 43.6. The van der Waals surface area contributed by atoms with Crippen molar-refractivity contribution in [1.82, 2.24) is 0 Å². The Kier molecular flexibility index (Phi) is 15.6. The standard InChI is InChI=1S/C45H96O6Si6/c1-33(23-26-40(49-55(14,15)16)44(3,51-57(20,21)22)32-46-52(5,6)7)36-24-25-37-42-38(31-41(45(36,37)4)50-56(17,18)19)43(2)28-27-35(47-53(8,9)10)29-34(43)30-39(42)48-54(11,12)13/h33-42H,23-32H2,1-22H3/t33-,34?,35?,36-,37+,38+,39?,40?,41?,42+,43+,44?,45-/m1/s1. The molecular weight excluding hydrogens is 805 g/mol. The van der Waals surface area contributed by atoms with Crippen LogP contribution in [0, 0.1) is 46.3 Å². The van der Waals surface area contributed by atoms with E-state index in [1.165, 1.54) is 44.9 Å². The molecule has 0 aromatic heterocycles. The van der Waals surface area contributed by atoms with Gasteiger partial charge in [0.1, 0.15) is 5.60 Å². The van der Waals surface area contributed by atoms with E-state index in [2.05, 4.69) is 146 Å². The summed E-state index contributed by atoms with van der Waals surface area (Å²) >= 11 is 0. The van der Waals surface area contributed by atoms with E-state index in [1.54, 1.807) is 0 Å². The van der Waals surface area contributed by atoms with E-state index in [4.69, 9.17) is 26.6 Å². The Bertz CT molecular complexity index is 1330. The number of fused-ring (bicyclic) bond motifs is 5. The normalized spacial score (nSPS) is 36.5. The second-order valence-corrected chi connectivity index (χ2v) is 53.1. The zero-order valence-corrected chi connectivity index (χ0v) is 47.8. The predicted molar refractivity (Wildman–Crippen MR) is 259 cm³/mol. The zero-order valence-electron chi connectivity index (χ0n) is 41.8. The quantitative estimate of drug-likeness (QED) is 0.128. The van der Waals surface area contributed by atoms with Crippen LogP contribution in [0.4, 0.5) is 0 Å². The Balaban J connectivity index is 1.71. The molecule has 4 saturated carbocycles. The second kappa shape index (κ2) is 17.6. The fourth-order valence-electron chi connectivity index (χ4n) is 12.6. The lowest BCUT2D eigenvalue weighted by Crippen LogP contribution is -2.64. The minimum Gasteiger partial charge on any atom is -0.415 e. The van der Waals surface area contributed by atoms with E-state index in [9.17, 15) is 0 Å². The van der Waals surface area contributed by atoms with Gasteiger partial charge < -0.3 is 26.6 Å². The van der Waals surface area contributed by atoms with E-state index < -0.39 is 55.5 Å². The van der Waals surface area contributed by atoms with Crippen molar-refractivity contribution in [2.45, 2.75) is 233 Å². The van der Waals surface area contributed by atoms with Gasteiger partial charge in [-0.2, -0.15) is 0 Å². The van der Waals surface area contributed by atoms with Crippen molar-refractivity contribution < 1.29 is 26.6 Å². The van der Waals surface area contributed by atoms with Crippen LogP contribution >= 0.6 is 0 Å². The summed E-state index contributed by atoms with van der Waals surface area (Å²) in [5.41, 5.74) is -0.0317. The lowest BCUT2D eigenvalue weighted by molar-refractivity contribution is -0.199. The molecule has 13 atom stereocenters. The lowest BCUT2D eigenvalue weighted by atomic mass is 9.43. The minimum atomic E-state index is -1.91. The van der Waals surface area contributed by atoms with Crippen molar-refractivity contribution >= 4 is 49.9 Å². The maximum atomic E-state index is 7.58. The van der Waals surface area contributed by atoms with E-state index in [0.29, 0.717) is 65.8 Å². The first kappa shape index (κ1) is 50.7. The van der Waals surface area contributed by atoms with Crippen LogP contribution in [0.1, 0.15) is 85.5 Å². The van der Waals surface area contributed by atoms with Crippen molar-refractivity contribution in [3.8, 4) is 0 Å². The molecular formula is C45H96O6Si6. The summed E-state index contributed by atoms with van der Waals surface area (Å²) < 4.78 is 43.0. The summed E-state index contributed by atoms with van der Waals surface area (Å²) in [6.07, 6.45) is 11.9. The molecule has 0 aromatic rings.